The summed E-state index contributed by atoms with van der Waals surface area (Å²) in [4.78, 5) is 18.2. The van der Waals surface area contributed by atoms with Gasteiger partial charge in [0, 0.05) is 38.2 Å². The zero-order valence-electron chi connectivity index (χ0n) is 23.3. The fourth-order valence-corrected chi connectivity index (χ4v) is 6.14. The van der Waals surface area contributed by atoms with Crippen molar-refractivity contribution in [3.05, 3.63) is 106 Å². The highest BCUT2D eigenvalue weighted by atomic mass is 35.5. The van der Waals surface area contributed by atoms with E-state index in [1.54, 1.807) is 0 Å². The lowest BCUT2D eigenvalue weighted by molar-refractivity contribution is 0.0974. The number of carbonyl (C=O) groups excluding carboxylic acids is 1. The maximum absolute atomic E-state index is 13.0. The molecule has 5 heteroatoms. The quantitative estimate of drug-likeness (QED) is 0.248. The molecule has 5 rings (SSSR count). The summed E-state index contributed by atoms with van der Waals surface area (Å²) in [7, 11) is 0. The smallest absolute Gasteiger partial charge is 0.162 e. The molecule has 3 nitrogen and oxygen atoms in total. The summed E-state index contributed by atoms with van der Waals surface area (Å²) in [6, 6.07) is 26.1. The van der Waals surface area contributed by atoms with E-state index < -0.39 is 0 Å². The van der Waals surface area contributed by atoms with Gasteiger partial charge in [-0.3, -0.25) is 14.6 Å². The van der Waals surface area contributed by atoms with Crippen molar-refractivity contribution in [3.8, 4) is 0 Å². The summed E-state index contributed by atoms with van der Waals surface area (Å²) in [5, 5.41) is 0. The van der Waals surface area contributed by atoms with Crippen LogP contribution in [0.1, 0.15) is 70.3 Å². The lowest BCUT2D eigenvalue weighted by Gasteiger charge is -2.32. The molecule has 0 radical (unpaired) electrons. The van der Waals surface area contributed by atoms with Crippen LogP contribution in [0.4, 0.5) is 0 Å². The third kappa shape index (κ3) is 9.18. The largest absolute Gasteiger partial charge is 0.299 e. The van der Waals surface area contributed by atoms with Gasteiger partial charge in [0.05, 0.1) is 0 Å². The van der Waals surface area contributed by atoms with Gasteiger partial charge in [0.2, 0.25) is 0 Å². The Labute approximate surface area is 247 Å². The predicted octanol–water partition coefficient (Wildman–Crippen LogP) is 7.70. The molecule has 0 spiro atoms. The Balaban J connectivity index is 0.00000210. The molecule has 0 unspecified atom stereocenters. The van der Waals surface area contributed by atoms with E-state index in [0.29, 0.717) is 12.2 Å². The zero-order chi connectivity index (χ0) is 25.5. The first-order chi connectivity index (χ1) is 18.1. The van der Waals surface area contributed by atoms with E-state index in [-0.39, 0.29) is 24.8 Å². The van der Waals surface area contributed by atoms with Crippen molar-refractivity contribution in [3.63, 3.8) is 0 Å². The predicted molar refractivity (Wildman–Crippen MR) is 167 cm³/mol. The highest BCUT2D eigenvalue weighted by molar-refractivity contribution is 5.96. The first-order valence-electron chi connectivity index (χ1n) is 14.3. The Bertz CT molecular complexity index is 1170. The third-order valence-corrected chi connectivity index (χ3v) is 8.38. The van der Waals surface area contributed by atoms with Gasteiger partial charge in [0.15, 0.2) is 5.78 Å². The minimum atomic E-state index is 0. The molecule has 39 heavy (non-hydrogen) atoms. The van der Waals surface area contributed by atoms with Crippen molar-refractivity contribution in [1.82, 2.24) is 9.80 Å². The second kappa shape index (κ2) is 15.6. The third-order valence-electron chi connectivity index (χ3n) is 8.38. The number of piperidine rings is 1. The van der Waals surface area contributed by atoms with Crippen LogP contribution in [0.3, 0.4) is 0 Å². The van der Waals surface area contributed by atoms with Crippen LogP contribution in [0.15, 0.2) is 72.8 Å². The molecule has 2 aliphatic heterocycles. The van der Waals surface area contributed by atoms with Crippen molar-refractivity contribution in [2.75, 3.05) is 26.2 Å². The zero-order valence-corrected chi connectivity index (χ0v) is 25.0. The Morgan fingerprint density at radius 3 is 2.15 bits per heavy atom. The number of benzene rings is 3. The standard InChI is InChI=1S/C34H42N2O.2ClH/c1-27-7-5-11-30(23-27)26-35-19-15-28(16-20-35)10-6-12-34(37)33-14-13-31-17-21-36(22-18-32(31)24-33)25-29-8-3-2-4-9-29;;/h2-5,7-9,11,13-14,23-24,28H,6,10,12,15-22,25-26H2,1H3;2*1H. The highest BCUT2D eigenvalue weighted by Gasteiger charge is 2.20. The molecule has 0 saturated carbocycles. The molecule has 2 aliphatic rings. The minimum Gasteiger partial charge on any atom is -0.299 e. The maximum atomic E-state index is 13.0. The summed E-state index contributed by atoms with van der Waals surface area (Å²) >= 11 is 0. The average Bonchev–Trinajstić information content (AvgIpc) is 3.12. The summed E-state index contributed by atoms with van der Waals surface area (Å²) in [5.41, 5.74) is 7.86. The fraction of sp³-hybridized carbons (Fsp3) is 0.441. The first kappa shape index (κ1) is 31.4. The molecule has 3 aromatic carbocycles. The number of nitrogens with zero attached hydrogens (tertiary/aromatic N) is 2. The van der Waals surface area contributed by atoms with Gasteiger partial charge in [-0.1, -0.05) is 72.3 Å². The van der Waals surface area contributed by atoms with E-state index in [4.69, 9.17) is 0 Å². The first-order valence-corrected chi connectivity index (χ1v) is 14.3. The molecular formula is C34H44Cl2N2O. The van der Waals surface area contributed by atoms with Gasteiger partial charge in [-0.15, -0.1) is 24.8 Å². The molecule has 0 N–H and O–H groups in total. The summed E-state index contributed by atoms with van der Waals surface area (Å²) in [6.45, 7) is 8.74. The minimum absolute atomic E-state index is 0. The lowest BCUT2D eigenvalue weighted by atomic mass is 9.90. The molecule has 0 aromatic heterocycles. The van der Waals surface area contributed by atoms with Crippen LogP contribution < -0.4 is 0 Å². The van der Waals surface area contributed by atoms with Crippen LogP contribution in [0.2, 0.25) is 0 Å². The molecule has 2 heterocycles. The number of Topliss-reactive ketones (excluding diaryl/α,β-unsaturated/α-hetero) is 1. The van der Waals surface area contributed by atoms with Crippen molar-refractivity contribution < 1.29 is 4.79 Å². The molecule has 0 amide bonds. The second-order valence-electron chi connectivity index (χ2n) is 11.3. The molecule has 1 saturated heterocycles. The SMILES string of the molecule is Cc1cccc(CN2CCC(CCCC(=O)c3ccc4c(c3)CCN(Cc3ccccc3)CC4)CC2)c1.Cl.Cl. The van der Waals surface area contributed by atoms with Crippen molar-refractivity contribution >= 4 is 30.6 Å². The monoisotopic (exact) mass is 566 g/mol. The lowest BCUT2D eigenvalue weighted by Crippen LogP contribution is -2.33. The number of halogens is 2. The fourth-order valence-electron chi connectivity index (χ4n) is 6.14. The van der Waals surface area contributed by atoms with Crippen LogP contribution >= 0.6 is 24.8 Å². The molecule has 1 fully saturated rings. The normalized spacial score (nSPS) is 16.4. The molecule has 0 bridgehead atoms. The van der Waals surface area contributed by atoms with Gasteiger partial charge in [0.25, 0.3) is 0 Å². The van der Waals surface area contributed by atoms with Crippen LogP contribution in [0.5, 0.6) is 0 Å². The Morgan fingerprint density at radius 1 is 0.744 bits per heavy atom. The van der Waals surface area contributed by atoms with E-state index in [1.807, 2.05) is 0 Å². The van der Waals surface area contributed by atoms with Gasteiger partial charge >= 0.3 is 0 Å². The molecule has 0 atom stereocenters. The number of aryl methyl sites for hydroxylation is 1. The maximum Gasteiger partial charge on any atom is 0.162 e. The number of fused-ring (bicyclic) bond motifs is 1. The van der Waals surface area contributed by atoms with E-state index in [0.717, 1.165) is 56.9 Å². The van der Waals surface area contributed by atoms with E-state index in [1.165, 1.54) is 60.2 Å². The molecule has 0 aliphatic carbocycles. The van der Waals surface area contributed by atoms with Crippen LogP contribution in [-0.2, 0) is 25.9 Å². The van der Waals surface area contributed by atoms with Crippen molar-refractivity contribution in [2.45, 2.75) is 65.0 Å². The van der Waals surface area contributed by atoms with Crippen molar-refractivity contribution in [1.29, 1.82) is 0 Å². The number of hydrogen-bond acceptors (Lipinski definition) is 3. The van der Waals surface area contributed by atoms with Gasteiger partial charge < -0.3 is 0 Å². The van der Waals surface area contributed by atoms with Gasteiger partial charge in [-0.2, -0.15) is 0 Å². The summed E-state index contributed by atoms with van der Waals surface area (Å²) in [6.07, 6.45) is 7.51. The van der Waals surface area contributed by atoms with Crippen LogP contribution in [-0.4, -0.2) is 41.8 Å². The number of likely N-dealkylation sites (tertiary alicyclic amines) is 1. The van der Waals surface area contributed by atoms with Gasteiger partial charge in [0.1, 0.15) is 0 Å². The topological polar surface area (TPSA) is 23.6 Å². The molecule has 3 aromatic rings. The van der Waals surface area contributed by atoms with Gasteiger partial charge in [-0.05, 0) is 92.8 Å². The average molecular weight is 568 g/mol. The van der Waals surface area contributed by atoms with Crippen LogP contribution in [0, 0.1) is 12.8 Å². The van der Waals surface area contributed by atoms with Gasteiger partial charge in [-0.25, -0.2) is 0 Å². The van der Waals surface area contributed by atoms with E-state index in [9.17, 15) is 4.79 Å². The van der Waals surface area contributed by atoms with Crippen LogP contribution in [0.25, 0.3) is 0 Å². The molecule has 210 valence electrons. The Morgan fingerprint density at radius 2 is 1.41 bits per heavy atom. The summed E-state index contributed by atoms with van der Waals surface area (Å²) < 4.78 is 0. The molecular weight excluding hydrogens is 523 g/mol. The van der Waals surface area contributed by atoms with E-state index >= 15 is 0 Å². The number of ketones is 1. The Hall–Kier alpha value is -2.17. The number of carbonyl (C=O) groups is 1. The number of hydrogen-bond donors (Lipinski definition) is 0. The Kier molecular flexibility index (Phi) is 12.5. The van der Waals surface area contributed by atoms with Crippen molar-refractivity contribution in [2.24, 2.45) is 5.92 Å². The highest BCUT2D eigenvalue weighted by Crippen LogP contribution is 2.25. The number of rotatable bonds is 9. The summed E-state index contributed by atoms with van der Waals surface area (Å²) in [5.74, 6) is 1.09. The second-order valence-corrected chi connectivity index (χ2v) is 11.3. The van der Waals surface area contributed by atoms with E-state index in [2.05, 4.69) is 89.5 Å².